The normalized spacial score (nSPS) is 11.4. The fourth-order valence-electron chi connectivity index (χ4n) is 1.39. The van der Waals surface area contributed by atoms with Gasteiger partial charge in [0.15, 0.2) is 0 Å². The second-order valence-corrected chi connectivity index (χ2v) is 3.60. The van der Waals surface area contributed by atoms with E-state index in [9.17, 15) is 22.4 Å². The molecule has 2 aromatic rings. The van der Waals surface area contributed by atoms with E-state index in [1.54, 1.807) is 0 Å². The number of carbonyl (C=O) groups excluding carboxylic acids is 1. The van der Waals surface area contributed by atoms with Gasteiger partial charge in [-0.05, 0) is 18.2 Å². The minimum atomic E-state index is -4.86. The predicted molar refractivity (Wildman–Crippen MR) is 56.0 cm³/mol. The smallest absolute Gasteiger partial charge is 0.419 e. The van der Waals surface area contributed by atoms with Crippen LogP contribution in [0.4, 0.5) is 17.6 Å². The Balaban J connectivity index is 2.44. The van der Waals surface area contributed by atoms with Gasteiger partial charge in [-0.2, -0.15) is 13.2 Å². The molecule has 1 aromatic carbocycles. The van der Waals surface area contributed by atoms with Gasteiger partial charge in [0.25, 0.3) is 0 Å². The first kappa shape index (κ1) is 14.0. The SMILES string of the molecule is COC(=O)c1nnc(-c2ccc(F)c(C(F)(F)F)c2)o1. The van der Waals surface area contributed by atoms with Gasteiger partial charge in [0.05, 0.1) is 12.7 Å². The molecular formula is C11H6F4N2O3. The van der Waals surface area contributed by atoms with Crippen molar-refractivity contribution in [2.45, 2.75) is 6.18 Å². The van der Waals surface area contributed by atoms with Crippen molar-refractivity contribution in [2.24, 2.45) is 0 Å². The van der Waals surface area contributed by atoms with Crippen LogP contribution in [-0.4, -0.2) is 23.3 Å². The molecule has 1 aromatic heterocycles. The van der Waals surface area contributed by atoms with Crippen LogP contribution in [0.3, 0.4) is 0 Å². The molecular weight excluding hydrogens is 284 g/mol. The number of rotatable bonds is 2. The van der Waals surface area contributed by atoms with Crippen LogP contribution in [0.2, 0.25) is 0 Å². The van der Waals surface area contributed by atoms with Crippen LogP contribution in [0.25, 0.3) is 11.5 Å². The largest absolute Gasteiger partial charge is 0.462 e. The first-order chi connectivity index (χ1) is 9.32. The van der Waals surface area contributed by atoms with E-state index < -0.39 is 29.4 Å². The summed E-state index contributed by atoms with van der Waals surface area (Å²) in [6.07, 6.45) is -4.86. The van der Waals surface area contributed by atoms with Crippen molar-refractivity contribution in [3.8, 4) is 11.5 Å². The summed E-state index contributed by atoms with van der Waals surface area (Å²) in [5.41, 5.74) is -1.63. The maximum Gasteiger partial charge on any atom is 0.419 e. The standard InChI is InChI=1S/C11H6F4N2O3/c1-19-10(18)9-17-16-8(20-9)5-2-3-7(12)6(4-5)11(13,14)15/h2-4H,1H3. The highest BCUT2D eigenvalue weighted by atomic mass is 19.4. The molecule has 2 rings (SSSR count). The Kier molecular flexibility index (Phi) is 3.43. The van der Waals surface area contributed by atoms with Gasteiger partial charge in [0.2, 0.25) is 5.89 Å². The molecule has 1 heterocycles. The molecule has 0 N–H and O–H groups in total. The Bertz CT molecular complexity index is 651. The molecule has 5 nitrogen and oxygen atoms in total. The van der Waals surface area contributed by atoms with Gasteiger partial charge in [-0.15, -0.1) is 10.2 Å². The third-order valence-corrected chi connectivity index (χ3v) is 2.30. The molecule has 0 aliphatic rings. The van der Waals surface area contributed by atoms with Crippen molar-refractivity contribution >= 4 is 5.97 Å². The van der Waals surface area contributed by atoms with Crippen molar-refractivity contribution in [2.75, 3.05) is 7.11 Å². The van der Waals surface area contributed by atoms with Crippen LogP contribution >= 0.6 is 0 Å². The third-order valence-electron chi connectivity index (χ3n) is 2.30. The Morgan fingerprint density at radius 2 is 2.00 bits per heavy atom. The minimum Gasteiger partial charge on any atom is -0.462 e. The molecule has 0 saturated carbocycles. The lowest BCUT2D eigenvalue weighted by Crippen LogP contribution is -2.08. The van der Waals surface area contributed by atoms with Crippen molar-refractivity contribution in [1.82, 2.24) is 10.2 Å². The van der Waals surface area contributed by atoms with E-state index in [1.165, 1.54) is 0 Å². The number of ether oxygens (including phenoxy) is 1. The van der Waals surface area contributed by atoms with Gasteiger partial charge in [-0.3, -0.25) is 0 Å². The Hall–Kier alpha value is -2.45. The first-order valence-corrected chi connectivity index (χ1v) is 5.12. The molecule has 20 heavy (non-hydrogen) atoms. The number of methoxy groups -OCH3 is 1. The summed E-state index contributed by atoms with van der Waals surface area (Å²) in [5.74, 6) is -3.22. The zero-order valence-corrected chi connectivity index (χ0v) is 9.86. The monoisotopic (exact) mass is 290 g/mol. The number of esters is 1. The zero-order chi connectivity index (χ0) is 14.9. The Morgan fingerprint density at radius 1 is 1.30 bits per heavy atom. The van der Waals surface area contributed by atoms with Crippen molar-refractivity contribution < 1.29 is 31.5 Å². The molecule has 0 atom stereocenters. The first-order valence-electron chi connectivity index (χ1n) is 5.12. The quantitative estimate of drug-likeness (QED) is 0.628. The number of nitrogens with zero attached hydrogens (tertiary/aromatic N) is 2. The average Bonchev–Trinajstić information content (AvgIpc) is 2.86. The molecule has 9 heteroatoms. The van der Waals surface area contributed by atoms with Crippen LogP contribution in [0, 0.1) is 5.82 Å². The highest BCUT2D eigenvalue weighted by Gasteiger charge is 2.34. The van der Waals surface area contributed by atoms with Crippen molar-refractivity contribution in [3.05, 3.63) is 35.5 Å². The molecule has 0 amide bonds. The third kappa shape index (κ3) is 2.60. The summed E-state index contributed by atoms with van der Waals surface area (Å²) in [6, 6.07) is 2.17. The van der Waals surface area contributed by atoms with Gasteiger partial charge < -0.3 is 9.15 Å². The number of hydrogen-bond acceptors (Lipinski definition) is 5. The number of alkyl halides is 3. The molecule has 0 fully saturated rings. The van der Waals surface area contributed by atoms with E-state index in [4.69, 9.17) is 4.42 Å². The molecule has 0 aliphatic carbocycles. The lowest BCUT2D eigenvalue weighted by Gasteiger charge is -2.08. The Morgan fingerprint density at radius 3 is 2.60 bits per heavy atom. The summed E-state index contributed by atoms with van der Waals surface area (Å²) >= 11 is 0. The number of benzene rings is 1. The maximum atomic E-state index is 13.1. The number of aromatic nitrogens is 2. The van der Waals surface area contributed by atoms with E-state index in [0.29, 0.717) is 12.1 Å². The van der Waals surface area contributed by atoms with Crippen LogP contribution in [0.5, 0.6) is 0 Å². The van der Waals surface area contributed by atoms with Gasteiger partial charge in [0.1, 0.15) is 5.82 Å². The fraction of sp³-hybridized carbons (Fsp3) is 0.182. The van der Waals surface area contributed by atoms with Crippen molar-refractivity contribution in [1.29, 1.82) is 0 Å². The fourth-order valence-corrected chi connectivity index (χ4v) is 1.39. The Labute approximate surface area is 109 Å². The van der Waals surface area contributed by atoms with Crippen molar-refractivity contribution in [3.63, 3.8) is 0 Å². The molecule has 0 aliphatic heterocycles. The maximum absolute atomic E-state index is 13.1. The summed E-state index contributed by atoms with van der Waals surface area (Å²) in [7, 11) is 1.08. The molecule has 0 radical (unpaired) electrons. The average molecular weight is 290 g/mol. The van der Waals surface area contributed by atoms with Gasteiger partial charge >= 0.3 is 18.0 Å². The topological polar surface area (TPSA) is 65.2 Å². The summed E-state index contributed by atoms with van der Waals surface area (Å²) < 4.78 is 59.9. The number of carbonyl (C=O) groups is 1. The van der Waals surface area contributed by atoms with Crippen LogP contribution in [-0.2, 0) is 10.9 Å². The molecule has 0 spiro atoms. The predicted octanol–water partition coefficient (Wildman–Crippen LogP) is 2.68. The highest BCUT2D eigenvalue weighted by molar-refractivity contribution is 5.84. The highest BCUT2D eigenvalue weighted by Crippen LogP contribution is 2.33. The minimum absolute atomic E-state index is 0.165. The van der Waals surface area contributed by atoms with Gasteiger partial charge in [0, 0.05) is 5.56 Å². The van der Waals surface area contributed by atoms with E-state index >= 15 is 0 Å². The molecule has 0 unspecified atom stereocenters. The molecule has 0 bridgehead atoms. The number of hydrogen-bond donors (Lipinski definition) is 0. The van der Waals surface area contributed by atoms with Crippen LogP contribution < -0.4 is 0 Å². The van der Waals surface area contributed by atoms with E-state index in [-0.39, 0.29) is 11.5 Å². The van der Waals surface area contributed by atoms with E-state index in [1.807, 2.05) is 0 Å². The van der Waals surface area contributed by atoms with E-state index in [0.717, 1.165) is 13.2 Å². The summed E-state index contributed by atoms with van der Waals surface area (Å²) in [4.78, 5) is 11.1. The zero-order valence-electron chi connectivity index (χ0n) is 9.86. The van der Waals surface area contributed by atoms with Gasteiger partial charge in [-0.1, -0.05) is 0 Å². The van der Waals surface area contributed by atoms with Crippen LogP contribution in [0.1, 0.15) is 16.2 Å². The van der Waals surface area contributed by atoms with Crippen LogP contribution in [0.15, 0.2) is 22.6 Å². The summed E-state index contributed by atoms with van der Waals surface area (Å²) in [6.45, 7) is 0. The lowest BCUT2D eigenvalue weighted by atomic mass is 10.1. The number of halogens is 4. The van der Waals surface area contributed by atoms with Gasteiger partial charge in [-0.25, -0.2) is 9.18 Å². The molecule has 106 valence electrons. The lowest BCUT2D eigenvalue weighted by molar-refractivity contribution is -0.139. The van der Waals surface area contributed by atoms with E-state index in [2.05, 4.69) is 14.9 Å². The second-order valence-electron chi connectivity index (χ2n) is 3.60. The second kappa shape index (κ2) is 4.91. The summed E-state index contributed by atoms with van der Waals surface area (Å²) in [5, 5.41) is 6.71. The molecule has 0 saturated heterocycles.